The summed E-state index contributed by atoms with van der Waals surface area (Å²) < 4.78 is 5.72. The Labute approximate surface area is 225 Å². The van der Waals surface area contributed by atoms with E-state index in [1.54, 1.807) is 30.2 Å². The Hall–Kier alpha value is -4.31. The van der Waals surface area contributed by atoms with Gasteiger partial charge in [0, 0.05) is 29.1 Å². The van der Waals surface area contributed by atoms with Crippen molar-refractivity contribution in [3.63, 3.8) is 0 Å². The molecule has 9 heteroatoms. The Morgan fingerprint density at radius 3 is 2.71 bits per heavy atom. The maximum absolute atomic E-state index is 13.3. The molecule has 2 aliphatic rings. The zero-order valence-electron chi connectivity index (χ0n) is 20.5. The van der Waals surface area contributed by atoms with Crippen molar-refractivity contribution in [1.82, 2.24) is 16.0 Å². The van der Waals surface area contributed by atoms with Crippen molar-refractivity contribution < 1.29 is 23.9 Å². The van der Waals surface area contributed by atoms with Crippen LogP contribution in [0, 0.1) is 5.92 Å². The SMILES string of the molecule is O=C=CC(C[C@@H]1CCNC1=C=O)NC(=C=O)C(Cc1ccccc1)NC(=O)C1=Cc2cc(Cl)ccc2OC1. The minimum Gasteiger partial charge on any atom is -0.488 e. The van der Waals surface area contributed by atoms with Crippen LogP contribution in [0.4, 0.5) is 0 Å². The van der Waals surface area contributed by atoms with E-state index in [1.807, 2.05) is 42.2 Å². The molecule has 3 N–H and O–H groups in total. The lowest BCUT2D eigenvalue weighted by atomic mass is 9.95. The summed E-state index contributed by atoms with van der Waals surface area (Å²) in [6, 6.07) is 13.1. The highest BCUT2D eigenvalue weighted by Crippen LogP contribution is 2.29. The summed E-state index contributed by atoms with van der Waals surface area (Å²) in [4.78, 5) is 48.0. The molecule has 2 aliphatic heterocycles. The normalized spacial score (nSPS) is 17.1. The van der Waals surface area contributed by atoms with Gasteiger partial charge in [0.15, 0.2) is 0 Å². The highest BCUT2D eigenvalue weighted by Gasteiger charge is 2.28. The molecular weight excluding hydrogens is 506 g/mol. The summed E-state index contributed by atoms with van der Waals surface area (Å²) in [7, 11) is 0. The number of rotatable bonds is 10. The Morgan fingerprint density at radius 2 is 1.97 bits per heavy atom. The second kappa shape index (κ2) is 12.8. The third-order valence-electron chi connectivity index (χ3n) is 6.50. The number of benzene rings is 2. The van der Waals surface area contributed by atoms with E-state index >= 15 is 0 Å². The van der Waals surface area contributed by atoms with Crippen LogP contribution in [0.25, 0.3) is 6.08 Å². The van der Waals surface area contributed by atoms with E-state index in [4.69, 9.17) is 16.3 Å². The maximum atomic E-state index is 13.3. The van der Waals surface area contributed by atoms with Crippen molar-refractivity contribution in [3.05, 3.63) is 87.7 Å². The number of fused-ring (bicyclic) bond motifs is 1. The summed E-state index contributed by atoms with van der Waals surface area (Å²) in [6.45, 7) is 0.680. The molecule has 1 saturated heterocycles. The van der Waals surface area contributed by atoms with Crippen LogP contribution in [-0.4, -0.2) is 49.0 Å². The van der Waals surface area contributed by atoms with Crippen LogP contribution in [0.2, 0.25) is 5.02 Å². The molecule has 1 amide bonds. The van der Waals surface area contributed by atoms with E-state index in [0.717, 1.165) is 5.56 Å². The van der Waals surface area contributed by atoms with Crippen LogP contribution in [0.3, 0.4) is 0 Å². The third kappa shape index (κ3) is 6.71. The Kier molecular flexibility index (Phi) is 8.99. The van der Waals surface area contributed by atoms with Crippen LogP contribution < -0.4 is 20.7 Å². The minimum absolute atomic E-state index is 0.0537. The van der Waals surface area contributed by atoms with E-state index in [9.17, 15) is 19.2 Å². The zero-order chi connectivity index (χ0) is 26.9. The number of hydrogen-bond donors (Lipinski definition) is 3. The number of carbonyl (C=O) groups excluding carboxylic acids is 4. The van der Waals surface area contributed by atoms with Gasteiger partial charge in [-0.3, -0.25) is 4.79 Å². The van der Waals surface area contributed by atoms with Crippen LogP contribution in [0.15, 0.2) is 71.6 Å². The van der Waals surface area contributed by atoms with E-state index < -0.39 is 18.0 Å². The summed E-state index contributed by atoms with van der Waals surface area (Å²) in [6.07, 6.45) is 4.32. The van der Waals surface area contributed by atoms with Crippen molar-refractivity contribution >= 4 is 41.4 Å². The summed E-state index contributed by atoms with van der Waals surface area (Å²) in [5, 5.41) is 9.47. The highest BCUT2D eigenvalue weighted by molar-refractivity contribution is 6.30. The van der Waals surface area contributed by atoms with Gasteiger partial charge in [0.1, 0.15) is 35.9 Å². The fourth-order valence-electron chi connectivity index (χ4n) is 4.59. The van der Waals surface area contributed by atoms with Crippen molar-refractivity contribution in [2.45, 2.75) is 31.3 Å². The highest BCUT2D eigenvalue weighted by atomic mass is 35.5. The molecule has 0 aromatic heterocycles. The minimum atomic E-state index is -0.783. The lowest BCUT2D eigenvalue weighted by Gasteiger charge is -2.26. The van der Waals surface area contributed by atoms with Crippen molar-refractivity contribution in [3.8, 4) is 5.75 Å². The molecule has 194 valence electrons. The molecule has 0 aliphatic carbocycles. The monoisotopic (exact) mass is 531 g/mol. The fourth-order valence-corrected chi connectivity index (χ4v) is 4.77. The van der Waals surface area contributed by atoms with Gasteiger partial charge < -0.3 is 20.7 Å². The van der Waals surface area contributed by atoms with E-state index in [-0.39, 0.29) is 18.2 Å². The van der Waals surface area contributed by atoms with Gasteiger partial charge in [0.05, 0.1) is 23.4 Å². The maximum Gasteiger partial charge on any atom is 0.251 e. The Balaban J connectivity index is 1.56. The smallest absolute Gasteiger partial charge is 0.251 e. The Morgan fingerprint density at radius 1 is 1.16 bits per heavy atom. The summed E-state index contributed by atoms with van der Waals surface area (Å²) in [5.74, 6) is 5.64. The molecule has 1 fully saturated rings. The number of carbonyl (C=O) groups is 1. The average Bonchev–Trinajstić information content (AvgIpc) is 3.38. The average molecular weight is 532 g/mol. The predicted octanol–water partition coefficient (Wildman–Crippen LogP) is 2.62. The molecule has 3 atom stereocenters. The van der Waals surface area contributed by atoms with Gasteiger partial charge in [-0.05, 0) is 49.1 Å². The van der Waals surface area contributed by atoms with Crippen LogP contribution in [0.1, 0.15) is 24.0 Å². The van der Waals surface area contributed by atoms with E-state index in [1.165, 1.54) is 6.08 Å². The molecular formula is C29H26ClN3O5. The fraction of sp³-hybridized carbons (Fsp3) is 0.276. The number of hydrogen-bond acceptors (Lipinski definition) is 7. The lowest BCUT2D eigenvalue weighted by molar-refractivity contribution is -0.118. The largest absolute Gasteiger partial charge is 0.488 e. The van der Waals surface area contributed by atoms with Crippen molar-refractivity contribution in [1.29, 1.82) is 0 Å². The predicted molar refractivity (Wildman–Crippen MR) is 143 cm³/mol. The topological polar surface area (TPSA) is 114 Å². The molecule has 2 heterocycles. The lowest BCUT2D eigenvalue weighted by Crippen LogP contribution is -2.45. The van der Waals surface area contributed by atoms with Crippen LogP contribution in [0.5, 0.6) is 5.75 Å². The van der Waals surface area contributed by atoms with Crippen LogP contribution >= 0.6 is 11.6 Å². The van der Waals surface area contributed by atoms with Crippen molar-refractivity contribution in [2.75, 3.05) is 13.2 Å². The number of halogens is 1. The third-order valence-corrected chi connectivity index (χ3v) is 6.73. The van der Waals surface area contributed by atoms with Gasteiger partial charge in [-0.1, -0.05) is 41.9 Å². The van der Waals surface area contributed by atoms with Gasteiger partial charge in [-0.2, -0.15) is 0 Å². The van der Waals surface area contributed by atoms with Crippen molar-refractivity contribution in [2.24, 2.45) is 5.92 Å². The number of allylic oxidation sites excluding steroid dienone is 1. The van der Waals surface area contributed by atoms with Gasteiger partial charge in [0.2, 0.25) is 0 Å². The molecule has 2 unspecified atom stereocenters. The molecule has 0 saturated carbocycles. The number of ether oxygens (including phenoxy) is 1. The zero-order valence-corrected chi connectivity index (χ0v) is 21.2. The first-order valence-electron chi connectivity index (χ1n) is 12.2. The standard InChI is InChI=1S/C29H26ClN3O5/c30-23-6-7-28-21(14-23)13-22(18-38-28)29(37)33-25(12-19-4-2-1-3-5-19)27(17-36)32-24(9-11-34)15-20-8-10-31-26(20)16-35/h1-7,9,13-14,20,24-25,31-32H,8,10,12,15,18H2,(H,33,37)/t20-,24?,25?/m0/s1. The molecule has 2 aromatic rings. The molecule has 0 radical (unpaired) electrons. The molecule has 0 spiro atoms. The number of nitrogens with one attached hydrogen (secondary N) is 3. The first-order chi connectivity index (χ1) is 18.5. The first kappa shape index (κ1) is 26.7. The summed E-state index contributed by atoms with van der Waals surface area (Å²) >= 11 is 6.10. The van der Waals surface area contributed by atoms with Gasteiger partial charge in [-0.25, -0.2) is 14.4 Å². The number of amides is 1. The quantitative estimate of drug-likeness (QED) is 0.404. The van der Waals surface area contributed by atoms with Gasteiger partial charge in [-0.15, -0.1) is 0 Å². The first-order valence-corrected chi connectivity index (χ1v) is 12.6. The van der Waals surface area contributed by atoms with E-state index in [2.05, 4.69) is 16.0 Å². The van der Waals surface area contributed by atoms with Gasteiger partial charge in [0.25, 0.3) is 5.91 Å². The van der Waals surface area contributed by atoms with Crippen LogP contribution in [-0.2, 0) is 25.6 Å². The summed E-state index contributed by atoms with van der Waals surface area (Å²) in [5.41, 5.74) is 2.43. The second-order valence-electron chi connectivity index (χ2n) is 9.07. The molecule has 0 bridgehead atoms. The molecule has 38 heavy (non-hydrogen) atoms. The molecule has 2 aromatic carbocycles. The van der Waals surface area contributed by atoms with Gasteiger partial charge >= 0.3 is 0 Å². The van der Waals surface area contributed by atoms with E-state index in [0.29, 0.717) is 53.4 Å². The Bertz CT molecular complexity index is 1370. The molecule has 8 nitrogen and oxygen atoms in total. The second-order valence-corrected chi connectivity index (χ2v) is 9.51. The molecule has 4 rings (SSSR count).